The number of ether oxygens (including phenoxy) is 1. The molecule has 1 aromatic rings. The first-order valence-electron chi connectivity index (χ1n) is 9.06. The van der Waals surface area contributed by atoms with E-state index in [0.717, 1.165) is 23.3 Å². The lowest BCUT2D eigenvalue weighted by atomic mass is 9.63. The predicted octanol–water partition coefficient (Wildman–Crippen LogP) is 4.72. The Morgan fingerprint density at radius 1 is 1.12 bits per heavy atom. The zero-order chi connectivity index (χ0) is 19.9. The van der Waals surface area contributed by atoms with Gasteiger partial charge in [-0.25, -0.2) is 0 Å². The molecule has 0 heterocycles. The molecule has 0 aliphatic rings. The van der Waals surface area contributed by atoms with Crippen LogP contribution in [0.5, 0.6) is 5.75 Å². The molecule has 1 rings (SSSR count). The van der Waals surface area contributed by atoms with Crippen LogP contribution in [0, 0.1) is 17.3 Å². The first-order valence-corrected chi connectivity index (χ1v) is 9.06. The zero-order valence-corrected chi connectivity index (χ0v) is 16.3. The molecule has 0 saturated carbocycles. The minimum atomic E-state index is -1.84. The summed E-state index contributed by atoms with van der Waals surface area (Å²) in [6.07, 6.45) is 3.75. The summed E-state index contributed by atoms with van der Waals surface area (Å²) in [5.74, 6) is -2.93. The van der Waals surface area contributed by atoms with Crippen LogP contribution in [0.2, 0.25) is 0 Å². The second kappa shape index (κ2) is 9.41. The van der Waals surface area contributed by atoms with Crippen LogP contribution in [0.3, 0.4) is 0 Å². The fourth-order valence-corrected chi connectivity index (χ4v) is 3.71. The number of carbonyl (C=O) groups is 2. The van der Waals surface area contributed by atoms with Crippen molar-refractivity contribution in [2.75, 3.05) is 7.11 Å². The summed E-state index contributed by atoms with van der Waals surface area (Å²) in [5.41, 5.74) is -0.144. The van der Waals surface area contributed by atoms with Crippen molar-refractivity contribution in [2.24, 2.45) is 17.3 Å². The Morgan fingerprint density at radius 2 is 1.65 bits per heavy atom. The monoisotopic (exact) mass is 362 g/mol. The molecule has 0 aliphatic heterocycles. The second-order valence-electron chi connectivity index (χ2n) is 6.74. The van der Waals surface area contributed by atoms with Gasteiger partial charge in [0, 0.05) is 5.92 Å². The summed E-state index contributed by atoms with van der Waals surface area (Å²) in [5, 5.41) is 19.8. The van der Waals surface area contributed by atoms with Gasteiger partial charge >= 0.3 is 11.9 Å². The molecule has 144 valence electrons. The number of methoxy groups -OCH3 is 1. The molecule has 2 unspecified atom stereocenters. The Balaban J connectivity index is 3.40. The molecule has 26 heavy (non-hydrogen) atoms. The summed E-state index contributed by atoms with van der Waals surface area (Å²) in [7, 11) is 1.59. The summed E-state index contributed by atoms with van der Waals surface area (Å²) >= 11 is 0. The fourth-order valence-electron chi connectivity index (χ4n) is 3.71. The van der Waals surface area contributed by atoms with Gasteiger partial charge in [-0.05, 0) is 36.5 Å². The Hall–Kier alpha value is -2.30. The maximum Gasteiger partial charge on any atom is 0.321 e. The largest absolute Gasteiger partial charge is 0.497 e. The first-order chi connectivity index (χ1) is 12.2. The lowest BCUT2D eigenvalue weighted by molar-refractivity contribution is -0.173. The minimum absolute atomic E-state index is 0.483. The zero-order valence-electron chi connectivity index (χ0n) is 16.3. The molecule has 0 aliphatic carbocycles. The molecule has 5 nitrogen and oxygen atoms in total. The van der Waals surface area contributed by atoms with E-state index in [1.807, 2.05) is 44.2 Å². The highest BCUT2D eigenvalue weighted by Crippen LogP contribution is 2.44. The van der Waals surface area contributed by atoms with E-state index in [-0.39, 0.29) is 0 Å². The van der Waals surface area contributed by atoms with Crippen molar-refractivity contribution >= 4 is 18.0 Å². The van der Waals surface area contributed by atoms with E-state index < -0.39 is 29.2 Å². The third kappa shape index (κ3) is 4.26. The van der Waals surface area contributed by atoms with Gasteiger partial charge in [-0.1, -0.05) is 57.9 Å². The molecular formula is C21H30O5. The van der Waals surface area contributed by atoms with Gasteiger partial charge in [0.15, 0.2) is 5.41 Å². The number of benzene rings is 1. The van der Waals surface area contributed by atoms with Crippen molar-refractivity contribution in [1.29, 1.82) is 0 Å². The van der Waals surface area contributed by atoms with Gasteiger partial charge in [0.25, 0.3) is 0 Å². The first kappa shape index (κ1) is 21.7. The van der Waals surface area contributed by atoms with E-state index in [0.29, 0.717) is 12.8 Å². The predicted molar refractivity (Wildman–Crippen MR) is 102 cm³/mol. The van der Waals surface area contributed by atoms with Crippen LogP contribution in [0.1, 0.15) is 52.5 Å². The van der Waals surface area contributed by atoms with E-state index in [4.69, 9.17) is 4.74 Å². The van der Waals surface area contributed by atoms with E-state index in [2.05, 4.69) is 0 Å². The van der Waals surface area contributed by atoms with Gasteiger partial charge in [-0.3, -0.25) is 9.59 Å². The summed E-state index contributed by atoms with van der Waals surface area (Å²) in [6, 6.07) is 7.40. The third-order valence-electron chi connectivity index (χ3n) is 5.32. The maximum absolute atomic E-state index is 12.2. The van der Waals surface area contributed by atoms with E-state index >= 15 is 0 Å². The minimum Gasteiger partial charge on any atom is -0.497 e. The van der Waals surface area contributed by atoms with Crippen molar-refractivity contribution in [3.63, 3.8) is 0 Å². The molecular weight excluding hydrogens is 332 g/mol. The molecule has 0 saturated heterocycles. The smallest absolute Gasteiger partial charge is 0.321 e. The lowest BCUT2D eigenvalue weighted by Crippen LogP contribution is -2.50. The number of aliphatic carboxylic acids is 2. The normalized spacial score (nSPS) is 14.6. The molecule has 0 amide bonds. The summed E-state index contributed by atoms with van der Waals surface area (Å²) in [4.78, 5) is 24.3. The highest BCUT2D eigenvalue weighted by molar-refractivity contribution is 5.99. The third-order valence-corrected chi connectivity index (χ3v) is 5.32. The van der Waals surface area contributed by atoms with Gasteiger partial charge in [0.2, 0.25) is 0 Å². The number of hydrogen-bond acceptors (Lipinski definition) is 3. The maximum atomic E-state index is 12.2. The van der Waals surface area contributed by atoms with Crippen LogP contribution < -0.4 is 4.74 Å². The average molecular weight is 362 g/mol. The van der Waals surface area contributed by atoms with Gasteiger partial charge in [0.1, 0.15) is 5.75 Å². The Labute approximate surface area is 155 Å². The fraction of sp³-hybridized carbons (Fsp3) is 0.524. The Kier molecular flexibility index (Phi) is 7.87. The van der Waals surface area contributed by atoms with E-state index in [1.165, 1.54) is 0 Å². The molecule has 2 N–H and O–H groups in total. The lowest BCUT2D eigenvalue weighted by Gasteiger charge is -2.37. The molecule has 0 aromatic heterocycles. The van der Waals surface area contributed by atoms with Crippen molar-refractivity contribution in [1.82, 2.24) is 0 Å². The van der Waals surface area contributed by atoms with Gasteiger partial charge in [-0.15, -0.1) is 0 Å². The SMILES string of the molecule is CCCC(C)C(C(=O)O)(C(=O)O)C(C)C(=Cc1ccc(OC)cc1)CC. The van der Waals surface area contributed by atoms with Gasteiger partial charge < -0.3 is 14.9 Å². The standard InChI is InChI=1S/C21H30O5/c1-6-8-14(3)21(19(22)23,20(24)25)15(4)17(7-2)13-16-9-11-18(26-5)12-10-16/h9-15H,6-8H2,1-5H3,(H,22,23)(H,24,25). The van der Waals surface area contributed by atoms with Crippen LogP contribution in [-0.4, -0.2) is 29.3 Å². The van der Waals surface area contributed by atoms with Crippen LogP contribution in [-0.2, 0) is 9.59 Å². The summed E-state index contributed by atoms with van der Waals surface area (Å²) in [6.45, 7) is 7.30. The van der Waals surface area contributed by atoms with Crippen molar-refractivity contribution in [3.8, 4) is 5.75 Å². The van der Waals surface area contributed by atoms with Gasteiger partial charge in [-0.2, -0.15) is 0 Å². The van der Waals surface area contributed by atoms with Crippen molar-refractivity contribution in [3.05, 3.63) is 35.4 Å². The van der Waals surface area contributed by atoms with E-state index in [1.54, 1.807) is 21.0 Å². The number of hydrogen-bond donors (Lipinski definition) is 2. The Bertz CT molecular complexity index is 631. The van der Waals surface area contributed by atoms with Crippen molar-refractivity contribution < 1.29 is 24.5 Å². The topological polar surface area (TPSA) is 83.8 Å². The second-order valence-corrected chi connectivity index (χ2v) is 6.74. The molecule has 1 aromatic carbocycles. The van der Waals surface area contributed by atoms with Crippen LogP contribution >= 0.6 is 0 Å². The highest BCUT2D eigenvalue weighted by atomic mass is 16.5. The molecule has 0 radical (unpaired) electrons. The highest BCUT2D eigenvalue weighted by Gasteiger charge is 2.55. The quantitative estimate of drug-likeness (QED) is 0.589. The van der Waals surface area contributed by atoms with Crippen LogP contribution in [0.4, 0.5) is 0 Å². The number of carboxylic acid groups (broad SMARTS) is 2. The molecule has 0 bridgehead atoms. The molecule has 0 spiro atoms. The van der Waals surface area contributed by atoms with Gasteiger partial charge in [0.05, 0.1) is 7.11 Å². The average Bonchev–Trinajstić information content (AvgIpc) is 2.60. The number of rotatable bonds is 10. The molecule has 5 heteroatoms. The number of carboxylic acids is 2. The molecule has 0 fully saturated rings. The van der Waals surface area contributed by atoms with Crippen LogP contribution in [0.25, 0.3) is 6.08 Å². The molecule has 2 atom stereocenters. The Morgan fingerprint density at radius 3 is 2.04 bits per heavy atom. The van der Waals surface area contributed by atoms with Crippen molar-refractivity contribution in [2.45, 2.75) is 47.0 Å². The van der Waals surface area contributed by atoms with E-state index in [9.17, 15) is 19.8 Å². The number of allylic oxidation sites excluding steroid dienone is 1. The van der Waals surface area contributed by atoms with Crippen LogP contribution in [0.15, 0.2) is 29.8 Å². The summed E-state index contributed by atoms with van der Waals surface area (Å²) < 4.78 is 5.15.